The van der Waals surface area contributed by atoms with Gasteiger partial charge in [-0.05, 0) is 18.2 Å². The number of carbonyl (C=O) groups is 1. The summed E-state index contributed by atoms with van der Waals surface area (Å²) in [7, 11) is 0. The van der Waals surface area contributed by atoms with Gasteiger partial charge >= 0.3 is 0 Å². The molecule has 26 heavy (non-hydrogen) atoms. The van der Waals surface area contributed by atoms with Crippen LogP contribution in [0.25, 0.3) is 11.4 Å². The Morgan fingerprint density at radius 2 is 1.92 bits per heavy atom. The van der Waals surface area contributed by atoms with Gasteiger partial charge in [0.2, 0.25) is 0 Å². The van der Waals surface area contributed by atoms with Crippen LogP contribution < -0.4 is 5.73 Å². The molecular weight excluding hydrogens is 347 g/mol. The number of alkyl halides is 2. The average Bonchev–Trinajstić information content (AvgIpc) is 3.09. The van der Waals surface area contributed by atoms with E-state index in [0.717, 1.165) is 16.9 Å². The number of hydrogen-bond acceptors (Lipinski definition) is 5. The molecule has 9 heteroatoms. The van der Waals surface area contributed by atoms with E-state index in [9.17, 15) is 18.0 Å². The van der Waals surface area contributed by atoms with Crippen LogP contribution in [0.5, 0.6) is 0 Å². The monoisotopic (exact) mass is 361 g/mol. The first-order chi connectivity index (χ1) is 12.5. The third-order valence-corrected chi connectivity index (χ3v) is 3.63. The van der Waals surface area contributed by atoms with Crippen molar-refractivity contribution in [1.29, 1.82) is 0 Å². The van der Waals surface area contributed by atoms with E-state index in [1.54, 1.807) is 0 Å². The second-order valence-electron chi connectivity index (χ2n) is 5.48. The van der Waals surface area contributed by atoms with Gasteiger partial charge in [-0.1, -0.05) is 0 Å². The number of aromatic nitrogens is 4. The van der Waals surface area contributed by atoms with Crippen LogP contribution in [0.1, 0.15) is 21.5 Å². The quantitative estimate of drug-likeness (QED) is 0.682. The molecule has 134 valence electrons. The van der Waals surface area contributed by atoms with Crippen molar-refractivity contribution in [3.63, 3.8) is 0 Å². The molecule has 0 bridgehead atoms. The van der Waals surface area contributed by atoms with Crippen molar-refractivity contribution in [3.8, 4) is 11.4 Å². The molecular formula is C17H14F3N5O. The van der Waals surface area contributed by atoms with E-state index in [2.05, 4.69) is 15.1 Å². The smallest absolute Gasteiger partial charge is 0.257 e. The van der Waals surface area contributed by atoms with Crippen molar-refractivity contribution in [1.82, 2.24) is 19.7 Å². The molecule has 0 radical (unpaired) electrons. The lowest BCUT2D eigenvalue weighted by molar-refractivity contribution is 0.103. The summed E-state index contributed by atoms with van der Waals surface area (Å²) in [5, 5.41) is 3.73. The van der Waals surface area contributed by atoms with E-state index in [1.165, 1.54) is 30.7 Å². The van der Waals surface area contributed by atoms with Crippen LogP contribution in [0.15, 0.2) is 43.0 Å². The molecule has 0 spiro atoms. The zero-order chi connectivity index (χ0) is 18.7. The maximum atomic E-state index is 13.7. The second-order valence-corrected chi connectivity index (χ2v) is 5.48. The normalized spacial score (nSPS) is 11.1. The number of benzene rings is 1. The summed E-state index contributed by atoms with van der Waals surface area (Å²) in [4.78, 5) is 21.0. The second kappa shape index (κ2) is 7.44. The number of carbonyl (C=O) groups excluding carboxylic acids is 1. The molecule has 3 aromatic rings. The Hall–Kier alpha value is -3.07. The molecule has 0 aliphatic heterocycles. The topological polar surface area (TPSA) is 86.7 Å². The van der Waals surface area contributed by atoms with Crippen molar-refractivity contribution < 1.29 is 18.0 Å². The summed E-state index contributed by atoms with van der Waals surface area (Å²) in [6.45, 7) is -0.369. The van der Waals surface area contributed by atoms with Crippen molar-refractivity contribution >= 4 is 5.78 Å². The first-order valence-corrected chi connectivity index (χ1v) is 7.64. The highest BCUT2D eigenvalue weighted by atomic mass is 19.3. The fourth-order valence-corrected chi connectivity index (χ4v) is 2.38. The Morgan fingerprint density at radius 1 is 1.19 bits per heavy atom. The highest BCUT2D eigenvalue weighted by molar-refractivity contribution is 6.12. The third kappa shape index (κ3) is 3.77. The summed E-state index contributed by atoms with van der Waals surface area (Å²) < 4.78 is 39.5. The Morgan fingerprint density at radius 3 is 2.58 bits per heavy atom. The molecule has 2 N–H and O–H groups in total. The zero-order valence-corrected chi connectivity index (χ0v) is 13.4. The number of hydrogen-bond donors (Lipinski definition) is 1. The molecule has 2 heterocycles. The molecule has 1 aromatic carbocycles. The van der Waals surface area contributed by atoms with Gasteiger partial charge in [0.1, 0.15) is 12.4 Å². The summed E-state index contributed by atoms with van der Waals surface area (Å²) in [6, 6.07) is 3.64. The number of ketones is 1. The average molecular weight is 361 g/mol. The highest BCUT2D eigenvalue weighted by Gasteiger charge is 2.19. The van der Waals surface area contributed by atoms with Crippen molar-refractivity contribution in [3.05, 3.63) is 65.5 Å². The third-order valence-electron chi connectivity index (χ3n) is 3.63. The van der Waals surface area contributed by atoms with Gasteiger partial charge < -0.3 is 5.73 Å². The minimum Gasteiger partial charge on any atom is -0.326 e. The molecule has 0 aliphatic carbocycles. The van der Waals surface area contributed by atoms with Gasteiger partial charge in [-0.3, -0.25) is 9.48 Å². The van der Waals surface area contributed by atoms with E-state index in [-0.39, 0.29) is 23.5 Å². The number of nitrogens with two attached hydrogens (primary N) is 1. The lowest BCUT2D eigenvalue weighted by Gasteiger charge is -2.07. The molecule has 3 rings (SSSR count). The lowest BCUT2D eigenvalue weighted by atomic mass is 9.99. The van der Waals surface area contributed by atoms with Gasteiger partial charge in [0.25, 0.3) is 6.43 Å². The van der Waals surface area contributed by atoms with Gasteiger partial charge in [-0.2, -0.15) is 5.10 Å². The molecule has 0 saturated carbocycles. The van der Waals surface area contributed by atoms with Gasteiger partial charge in [-0.25, -0.2) is 23.1 Å². The van der Waals surface area contributed by atoms with Crippen molar-refractivity contribution in [2.24, 2.45) is 5.73 Å². The van der Waals surface area contributed by atoms with Crippen LogP contribution >= 0.6 is 0 Å². The van der Waals surface area contributed by atoms with E-state index in [0.29, 0.717) is 11.1 Å². The summed E-state index contributed by atoms with van der Waals surface area (Å²) >= 11 is 0. The minimum absolute atomic E-state index is 0.0158. The summed E-state index contributed by atoms with van der Waals surface area (Å²) in [6.07, 6.45) is 2.79. The maximum Gasteiger partial charge on any atom is 0.257 e. The van der Waals surface area contributed by atoms with Crippen molar-refractivity contribution in [2.75, 3.05) is 0 Å². The highest BCUT2D eigenvalue weighted by Crippen LogP contribution is 2.24. The Bertz CT molecular complexity index is 924. The molecule has 0 fully saturated rings. The van der Waals surface area contributed by atoms with Crippen LogP contribution in [0.4, 0.5) is 13.2 Å². The van der Waals surface area contributed by atoms with Crippen LogP contribution in [0.3, 0.4) is 0 Å². The van der Waals surface area contributed by atoms with Crippen molar-refractivity contribution in [2.45, 2.75) is 19.5 Å². The Balaban J connectivity index is 1.99. The van der Waals surface area contributed by atoms with Gasteiger partial charge in [0.15, 0.2) is 11.6 Å². The Labute approximate surface area is 146 Å². The predicted octanol–water partition coefficient (Wildman–Crippen LogP) is 2.43. The van der Waals surface area contributed by atoms with Gasteiger partial charge in [0, 0.05) is 41.8 Å². The van der Waals surface area contributed by atoms with Crippen LogP contribution in [-0.2, 0) is 13.1 Å². The van der Waals surface area contributed by atoms with E-state index < -0.39 is 24.6 Å². The van der Waals surface area contributed by atoms with Gasteiger partial charge in [-0.15, -0.1) is 0 Å². The van der Waals surface area contributed by atoms with Crippen LogP contribution in [-0.4, -0.2) is 32.0 Å². The first-order valence-electron chi connectivity index (χ1n) is 7.64. The molecule has 0 unspecified atom stereocenters. The van der Waals surface area contributed by atoms with E-state index in [1.807, 2.05) is 0 Å². The molecule has 0 aliphatic rings. The van der Waals surface area contributed by atoms with Crippen LogP contribution in [0.2, 0.25) is 0 Å². The van der Waals surface area contributed by atoms with E-state index >= 15 is 0 Å². The molecule has 0 saturated heterocycles. The fraction of sp³-hybridized carbons (Fsp3) is 0.176. The SMILES string of the molecule is NCc1cnc(-c2ccc(F)cc2C(=O)c2cnn(CC(F)F)c2)nc1. The number of nitrogens with zero attached hydrogens (tertiary/aromatic N) is 4. The summed E-state index contributed by atoms with van der Waals surface area (Å²) in [5.74, 6) is -0.951. The van der Waals surface area contributed by atoms with Gasteiger partial charge in [0.05, 0.1) is 11.8 Å². The fourth-order valence-electron chi connectivity index (χ4n) is 2.38. The minimum atomic E-state index is -2.60. The van der Waals surface area contributed by atoms with Crippen LogP contribution in [0, 0.1) is 5.82 Å². The summed E-state index contributed by atoms with van der Waals surface area (Å²) in [5.41, 5.74) is 6.61. The molecule has 2 aromatic heterocycles. The zero-order valence-electron chi connectivity index (χ0n) is 13.4. The largest absolute Gasteiger partial charge is 0.326 e. The number of rotatable bonds is 6. The Kier molecular flexibility index (Phi) is 5.08. The molecule has 0 atom stereocenters. The standard InChI is InChI=1S/C17H14F3N5O/c18-12-1-2-13(17-22-5-10(4-21)6-23-17)14(3-12)16(26)11-7-24-25(8-11)9-15(19)20/h1-3,5-8,15H,4,9,21H2. The van der Waals surface area contributed by atoms with E-state index in [4.69, 9.17) is 5.73 Å². The predicted molar refractivity (Wildman–Crippen MR) is 87.0 cm³/mol. The lowest BCUT2D eigenvalue weighted by Crippen LogP contribution is -2.08. The first kappa shape index (κ1) is 17.7. The number of halogens is 3. The molecule has 0 amide bonds. The maximum absolute atomic E-state index is 13.7. The molecule has 6 nitrogen and oxygen atoms in total.